The second-order valence-electron chi connectivity index (χ2n) is 5.45. The van der Waals surface area contributed by atoms with E-state index in [1.54, 1.807) is 0 Å². The van der Waals surface area contributed by atoms with Gasteiger partial charge in [-0.05, 0) is 41.7 Å². The molecule has 114 valence electrons. The summed E-state index contributed by atoms with van der Waals surface area (Å²) in [5, 5.41) is 7.78. The number of likely N-dealkylation sites (N-methyl/N-ethyl adjacent to an activating group) is 1. The van der Waals surface area contributed by atoms with E-state index in [2.05, 4.69) is 33.3 Å². The average molecular weight is 364 g/mol. The van der Waals surface area contributed by atoms with Crippen molar-refractivity contribution in [3.8, 4) is 0 Å². The van der Waals surface area contributed by atoms with Crippen molar-refractivity contribution in [3.63, 3.8) is 0 Å². The van der Waals surface area contributed by atoms with E-state index < -0.39 is 9.84 Å². The molecule has 0 radical (unpaired) electrons. The van der Waals surface area contributed by atoms with Gasteiger partial charge in [-0.25, -0.2) is 8.42 Å². The first-order chi connectivity index (χ1) is 9.38. The minimum absolute atomic E-state index is 0.170. The van der Waals surface area contributed by atoms with Crippen LogP contribution in [0.3, 0.4) is 0 Å². The molecule has 20 heavy (non-hydrogen) atoms. The minimum atomic E-state index is -2.84. The van der Waals surface area contributed by atoms with Crippen LogP contribution in [0, 0.1) is 5.92 Å². The van der Waals surface area contributed by atoms with Gasteiger partial charge in [-0.3, -0.25) is 4.68 Å². The van der Waals surface area contributed by atoms with Crippen LogP contribution in [0.15, 0.2) is 4.47 Å². The third-order valence-corrected chi connectivity index (χ3v) is 6.83. The van der Waals surface area contributed by atoms with Crippen LogP contribution in [0.4, 0.5) is 0 Å². The highest BCUT2D eigenvalue weighted by Crippen LogP contribution is 2.27. The predicted molar refractivity (Wildman–Crippen MR) is 83.6 cm³/mol. The van der Waals surface area contributed by atoms with Crippen molar-refractivity contribution in [1.82, 2.24) is 15.1 Å². The Kier molecular flexibility index (Phi) is 4.92. The molecule has 1 fully saturated rings. The molecule has 0 spiro atoms. The zero-order valence-electron chi connectivity index (χ0n) is 12.2. The molecular weight excluding hydrogens is 342 g/mol. The first-order valence-corrected chi connectivity index (χ1v) is 9.57. The van der Waals surface area contributed by atoms with Crippen LogP contribution < -0.4 is 5.32 Å². The molecule has 2 rings (SSSR count). The standard InChI is InChI=1S/C13H22BrN3O2S/c1-4-10-13(14)12(17(3)16-10)7-11(15-2)9-5-6-20(18,19)8-9/h9,11,15H,4-8H2,1-3H3. The van der Waals surface area contributed by atoms with Gasteiger partial charge in [0.2, 0.25) is 0 Å². The van der Waals surface area contributed by atoms with E-state index in [1.165, 1.54) is 0 Å². The van der Waals surface area contributed by atoms with Gasteiger partial charge in [-0.2, -0.15) is 5.10 Å². The number of aromatic nitrogens is 2. The second-order valence-corrected chi connectivity index (χ2v) is 8.47. The Morgan fingerprint density at radius 3 is 2.70 bits per heavy atom. The fourth-order valence-corrected chi connectivity index (χ4v) is 5.55. The Morgan fingerprint density at radius 1 is 1.55 bits per heavy atom. The lowest BCUT2D eigenvalue weighted by atomic mass is 9.95. The molecule has 1 aliphatic heterocycles. The molecule has 0 aromatic carbocycles. The van der Waals surface area contributed by atoms with Crippen LogP contribution in [-0.2, 0) is 29.7 Å². The molecule has 2 unspecified atom stereocenters. The number of nitrogens with one attached hydrogen (secondary N) is 1. The topological polar surface area (TPSA) is 64.0 Å². The molecule has 1 saturated heterocycles. The highest BCUT2D eigenvalue weighted by molar-refractivity contribution is 9.10. The van der Waals surface area contributed by atoms with Crippen molar-refractivity contribution in [2.24, 2.45) is 13.0 Å². The van der Waals surface area contributed by atoms with E-state index in [4.69, 9.17) is 0 Å². The lowest BCUT2D eigenvalue weighted by Gasteiger charge is -2.22. The molecule has 0 bridgehead atoms. The zero-order valence-corrected chi connectivity index (χ0v) is 14.6. The fraction of sp³-hybridized carbons (Fsp3) is 0.769. The van der Waals surface area contributed by atoms with Gasteiger partial charge >= 0.3 is 0 Å². The maximum atomic E-state index is 11.6. The van der Waals surface area contributed by atoms with Gasteiger partial charge < -0.3 is 5.32 Å². The number of nitrogens with zero attached hydrogens (tertiary/aromatic N) is 2. The summed E-state index contributed by atoms with van der Waals surface area (Å²) in [5.41, 5.74) is 2.18. The summed E-state index contributed by atoms with van der Waals surface area (Å²) in [5.74, 6) is 0.814. The maximum Gasteiger partial charge on any atom is 0.150 e. The van der Waals surface area contributed by atoms with Gasteiger partial charge in [0.15, 0.2) is 9.84 Å². The number of sulfone groups is 1. The molecule has 1 aliphatic rings. The lowest BCUT2D eigenvalue weighted by Crippen LogP contribution is -2.37. The van der Waals surface area contributed by atoms with Crippen LogP contribution in [0.25, 0.3) is 0 Å². The molecule has 1 aromatic heterocycles. The third-order valence-electron chi connectivity index (χ3n) is 4.12. The van der Waals surface area contributed by atoms with Gasteiger partial charge in [-0.15, -0.1) is 0 Å². The average Bonchev–Trinajstić information content (AvgIpc) is 2.88. The Hall–Kier alpha value is -0.400. The molecule has 2 atom stereocenters. The summed E-state index contributed by atoms with van der Waals surface area (Å²) in [6.07, 6.45) is 2.43. The van der Waals surface area contributed by atoms with Crippen molar-refractivity contribution in [2.45, 2.75) is 32.2 Å². The van der Waals surface area contributed by atoms with E-state index in [-0.39, 0.29) is 12.0 Å². The molecule has 5 nitrogen and oxygen atoms in total. The van der Waals surface area contributed by atoms with Gasteiger partial charge in [0.05, 0.1) is 27.4 Å². The summed E-state index contributed by atoms with van der Waals surface area (Å²) in [7, 11) is 1.01. The first kappa shape index (κ1) is 16.0. The minimum Gasteiger partial charge on any atom is -0.316 e. The molecule has 0 aliphatic carbocycles. The molecule has 2 heterocycles. The van der Waals surface area contributed by atoms with Crippen LogP contribution in [-0.4, -0.2) is 42.8 Å². The van der Waals surface area contributed by atoms with Gasteiger partial charge in [0.25, 0.3) is 0 Å². The molecule has 0 amide bonds. The van der Waals surface area contributed by atoms with Crippen molar-refractivity contribution in [1.29, 1.82) is 0 Å². The smallest absolute Gasteiger partial charge is 0.150 e. The van der Waals surface area contributed by atoms with Crippen molar-refractivity contribution in [3.05, 3.63) is 15.9 Å². The van der Waals surface area contributed by atoms with Gasteiger partial charge in [0, 0.05) is 19.5 Å². The third kappa shape index (κ3) is 3.26. The Bertz CT molecular complexity index is 583. The number of hydrogen-bond acceptors (Lipinski definition) is 4. The number of halogens is 1. The van der Waals surface area contributed by atoms with E-state index in [1.807, 2.05) is 18.8 Å². The Balaban J connectivity index is 2.17. The molecular formula is C13H22BrN3O2S. The molecule has 7 heteroatoms. The monoisotopic (exact) mass is 363 g/mol. The SMILES string of the molecule is CCc1nn(C)c(CC(NC)C2CCS(=O)(=O)C2)c1Br. The summed E-state index contributed by atoms with van der Waals surface area (Å²) in [4.78, 5) is 0. The summed E-state index contributed by atoms with van der Waals surface area (Å²) < 4.78 is 26.2. The van der Waals surface area contributed by atoms with Crippen molar-refractivity contribution < 1.29 is 8.42 Å². The van der Waals surface area contributed by atoms with Crippen LogP contribution in [0.2, 0.25) is 0 Å². The predicted octanol–water partition coefficient (Wildman–Crippen LogP) is 1.31. The zero-order chi connectivity index (χ0) is 14.9. The molecule has 0 saturated carbocycles. The quantitative estimate of drug-likeness (QED) is 0.856. The van der Waals surface area contributed by atoms with Gasteiger partial charge in [-0.1, -0.05) is 6.92 Å². The summed E-state index contributed by atoms with van der Waals surface area (Å²) in [6, 6.07) is 0.170. The van der Waals surface area contributed by atoms with Crippen molar-refractivity contribution >= 4 is 25.8 Å². The van der Waals surface area contributed by atoms with E-state index in [9.17, 15) is 8.42 Å². The van der Waals surface area contributed by atoms with E-state index in [0.717, 1.165) is 35.1 Å². The summed E-state index contributed by atoms with van der Waals surface area (Å²) >= 11 is 3.62. The highest BCUT2D eigenvalue weighted by Gasteiger charge is 2.33. The molecule has 1 N–H and O–H groups in total. The van der Waals surface area contributed by atoms with Crippen molar-refractivity contribution in [2.75, 3.05) is 18.6 Å². The molecule has 1 aromatic rings. The number of hydrogen-bond donors (Lipinski definition) is 1. The summed E-state index contributed by atoms with van der Waals surface area (Å²) in [6.45, 7) is 2.08. The number of rotatable bonds is 5. The fourth-order valence-electron chi connectivity index (χ4n) is 2.90. The Morgan fingerprint density at radius 2 is 2.25 bits per heavy atom. The van der Waals surface area contributed by atoms with E-state index in [0.29, 0.717) is 11.5 Å². The van der Waals surface area contributed by atoms with E-state index >= 15 is 0 Å². The largest absolute Gasteiger partial charge is 0.316 e. The van der Waals surface area contributed by atoms with Gasteiger partial charge in [0.1, 0.15) is 0 Å². The highest BCUT2D eigenvalue weighted by atomic mass is 79.9. The van der Waals surface area contributed by atoms with Crippen LogP contribution in [0.1, 0.15) is 24.7 Å². The maximum absolute atomic E-state index is 11.6. The Labute approximate surface area is 129 Å². The first-order valence-electron chi connectivity index (χ1n) is 6.96. The second kappa shape index (κ2) is 6.15. The van der Waals surface area contributed by atoms with Crippen LogP contribution in [0.5, 0.6) is 0 Å². The normalized spacial score (nSPS) is 23.1. The van der Waals surface area contributed by atoms with Crippen LogP contribution >= 0.6 is 15.9 Å². The lowest BCUT2D eigenvalue weighted by molar-refractivity contribution is 0.395. The number of aryl methyl sites for hydroxylation is 2.